The number of aromatic hydroxyl groups is 1. The van der Waals surface area contributed by atoms with Crippen molar-refractivity contribution in [3.8, 4) is 11.5 Å². The smallest absolute Gasteiger partial charge is 0.211 e. The first-order valence-corrected chi connectivity index (χ1v) is 14.0. The molecule has 1 aromatic carbocycles. The molecule has 180 valence electrons. The van der Waals surface area contributed by atoms with Gasteiger partial charge in [-0.25, -0.2) is 13.1 Å². The lowest BCUT2D eigenvalue weighted by Gasteiger charge is -2.59. The summed E-state index contributed by atoms with van der Waals surface area (Å²) in [6.45, 7) is 3.94. The van der Waals surface area contributed by atoms with Crippen molar-refractivity contribution in [2.24, 2.45) is 11.8 Å². The third kappa shape index (κ3) is 3.22. The molecule has 1 spiro atoms. The van der Waals surface area contributed by atoms with E-state index >= 15 is 0 Å². The van der Waals surface area contributed by atoms with Crippen LogP contribution in [0.5, 0.6) is 11.5 Å². The van der Waals surface area contributed by atoms with Gasteiger partial charge in [0.2, 0.25) is 16.4 Å². The number of hydrogen-bond acceptors (Lipinski definition) is 6. The molecule has 33 heavy (non-hydrogen) atoms. The molecule has 8 nitrogen and oxygen atoms in total. The molecular weight excluding hydrogens is 442 g/mol. The molecule has 3 aliphatic carbocycles. The van der Waals surface area contributed by atoms with Crippen molar-refractivity contribution in [2.45, 2.75) is 75.5 Å². The van der Waals surface area contributed by atoms with Crippen LogP contribution in [0, 0.1) is 11.8 Å². The Morgan fingerprint density at radius 2 is 2.12 bits per heavy atom. The second-order valence-corrected chi connectivity index (χ2v) is 12.5. The van der Waals surface area contributed by atoms with Gasteiger partial charge >= 0.3 is 0 Å². The molecule has 1 saturated heterocycles. The number of carbonyl (C=O) groups excluding carboxylic acids is 1. The highest BCUT2D eigenvalue weighted by molar-refractivity contribution is 7.89. The number of nitrogens with zero attached hydrogens (tertiary/aromatic N) is 1. The predicted molar refractivity (Wildman–Crippen MR) is 124 cm³/mol. The third-order valence-electron chi connectivity index (χ3n) is 8.76. The number of amides is 1. The summed E-state index contributed by atoms with van der Waals surface area (Å²) in [6.07, 6.45) is 6.75. The summed E-state index contributed by atoms with van der Waals surface area (Å²) in [5, 5.41) is 13.7. The number of rotatable bonds is 8. The summed E-state index contributed by atoms with van der Waals surface area (Å²) < 4.78 is 35.0. The highest BCUT2D eigenvalue weighted by Gasteiger charge is 2.66. The monoisotopic (exact) mass is 475 g/mol. The van der Waals surface area contributed by atoms with Crippen LogP contribution >= 0.6 is 0 Å². The molecule has 3 fully saturated rings. The molecule has 1 amide bonds. The number of piperidine rings is 1. The summed E-state index contributed by atoms with van der Waals surface area (Å²) in [5.41, 5.74) is 2.06. The predicted octanol–water partition coefficient (Wildman–Crippen LogP) is 2.11. The minimum atomic E-state index is -3.41. The van der Waals surface area contributed by atoms with Crippen molar-refractivity contribution in [3.63, 3.8) is 0 Å². The zero-order chi connectivity index (χ0) is 23.0. The van der Waals surface area contributed by atoms with Gasteiger partial charge in [-0.1, -0.05) is 6.92 Å². The average molecular weight is 476 g/mol. The second-order valence-electron chi connectivity index (χ2n) is 10.7. The molecule has 5 aliphatic rings. The Kier molecular flexibility index (Phi) is 4.98. The van der Waals surface area contributed by atoms with E-state index in [4.69, 9.17) is 4.74 Å². The Labute approximate surface area is 195 Å². The molecule has 6 rings (SSSR count). The number of sulfonamides is 1. The number of anilines is 1. The Morgan fingerprint density at radius 3 is 2.85 bits per heavy atom. The number of ether oxygens (including phenoxy) is 1. The topological polar surface area (TPSA) is 108 Å². The molecule has 0 aromatic heterocycles. The Bertz CT molecular complexity index is 1090. The van der Waals surface area contributed by atoms with E-state index < -0.39 is 10.0 Å². The molecule has 2 heterocycles. The molecule has 2 aliphatic heterocycles. The van der Waals surface area contributed by atoms with E-state index in [1.54, 1.807) is 6.07 Å². The zero-order valence-corrected chi connectivity index (χ0v) is 19.9. The lowest BCUT2D eigenvalue weighted by Crippen LogP contribution is -2.69. The number of benzene rings is 1. The molecule has 5 atom stereocenters. The van der Waals surface area contributed by atoms with Gasteiger partial charge in [0, 0.05) is 35.2 Å². The lowest BCUT2D eigenvalue weighted by atomic mass is 9.51. The summed E-state index contributed by atoms with van der Waals surface area (Å²) in [7, 11) is -3.41. The second kappa shape index (κ2) is 7.58. The van der Waals surface area contributed by atoms with Gasteiger partial charge in [-0.3, -0.25) is 9.69 Å². The van der Waals surface area contributed by atoms with E-state index in [1.807, 2.05) is 6.92 Å². The highest BCUT2D eigenvalue weighted by atomic mass is 32.2. The Hall–Kier alpha value is -1.84. The minimum absolute atomic E-state index is 0.0986. The van der Waals surface area contributed by atoms with E-state index in [0.717, 1.165) is 55.8 Å². The largest absolute Gasteiger partial charge is 0.508 e. The number of carbonyl (C=O) groups is 1. The summed E-state index contributed by atoms with van der Waals surface area (Å²) in [4.78, 5) is 13.9. The standard InChI is InChI=1S/C24H33N3O5S/c1-2-9-33(30,31)26-17-6-5-16-19-10-15-20(29)11-18(25-13-28)22-21(15)24(16,23(17)32-22)7-8-27(19)12-14-3-4-14/h11,13-14,16-17,19,23,26,29H,2-10,12H2,1H3,(H,25,28)/t16-,17+,19+,23-,24-/m0/s1. The zero-order valence-electron chi connectivity index (χ0n) is 19.0. The molecule has 1 aromatic rings. The average Bonchev–Trinajstić information content (AvgIpc) is 3.51. The van der Waals surface area contributed by atoms with Gasteiger partial charge < -0.3 is 15.2 Å². The number of phenolic OH excluding ortho intramolecular Hbond substituents is 1. The van der Waals surface area contributed by atoms with E-state index in [0.29, 0.717) is 36.2 Å². The molecule has 0 unspecified atom stereocenters. The molecule has 3 N–H and O–H groups in total. The van der Waals surface area contributed by atoms with Gasteiger partial charge in [0.05, 0.1) is 17.5 Å². The third-order valence-corrected chi connectivity index (χ3v) is 10.4. The number of nitrogens with one attached hydrogen (secondary N) is 2. The van der Waals surface area contributed by atoms with Gasteiger partial charge in [-0.05, 0) is 63.3 Å². The van der Waals surface area contributed by atoms with Crippen LogP contribution in [0.4, 0.5) is 5.69 Å². The fraction of sp³-hybridized carbons (Fsp3) is 0.708. The van der Waals surface area contributed by atoms with E-state index in [1.165, 1.54) is 12.8 Å². The molecule has 2 bridgehead atoms. The maximum absolute atomic E-state index is 12.7. The van der Waals surface area contributed by atoms with E-state index in [-0.39, 0.29) is 29.1 Å². The van der Waals surface area contributed by atoms with Gasteiger partial charge in [-0.15, -0.1) is 0 Å². The fourth-order valence-corrected chi connectivity index (χ4v) is 8.77. The molecular formula is C24H33N3O5S. The minimum Gasteiger partial charge on any atom is -0.508 e. The van der Waals surface area contributed by atoms with Crippen molar-refractivity contribution < 1.29 is 23.1 Å². The number of hydrogen-bond donors (Lipinski definition) is 3. The van der Waals surface area contributed by atoms with Crippen LogP contribution in [0.1, 0.15) is 56.6 Å². The summed E-state index contributed by atoms with van der Waals surface area (Å²) in [6, 6.07) is 1.60. The lowest BCUT2D eigenvalue weighted by molar-refractivity contribution is -0.105. The van der Waals surface area contributed by atoms with Crippen LogP contribution in [0.3, 0.4) is 0 Å². The van der Waals surface area contributed by atoms with Gasteiger partial charge in [0.15, 0.2) is 0 Å². The first-order valence-electron chi connectivity index (χ1n) is 12.4. The van der Waals surface area contributed by atoms with Gasteiger partial charge in [0.25, 0.3) is 0 Å². The number of phenols is 1. The molecule has 9 heteroatoms. The maximum Gasteiger partial charge on any atom is 0.211 e. The first kappa shape index (κ1) is 21.7. The quantitative estimate of drug-likeness (QED) is 0.497. The van der Waals surface area contributed by atoms with Crippen LogP contribution in [0.2, 0.25) is 0 Å². The van der Waals surface area contributed by atoms with Crippen LogP contribution in [-0.2, 0) is 26.7 Å². The van der Waals surface area contributed by atoms with Crippen LogP contribution < -0.4 is 14.8 Å². The Morgan fingerprint density at radius 1 is 1.30 bits per heavy atom. The van der Waals surface area contributed by atoms with Crippen LogP contribution in [0.15, 0.2) is 6.07 Å². The molecule has 2 saturated carbocycles. The van der Waals surface area contributed by atoms with Gasteiger partial charge in [0.1, 0.15) is 17.6 Å². The highest BCUT2D eigenvalue weighted by Crippen LogP contribution is 2.65. The SMILES string of the molecule is CCCS(=O)(=O)N[C@@H]1CC[C@H]2[C@H]3Cc4c(O)cc(NC=O)c5c4[C@@]2(CCN3CC2CC2)[C@H]1O5. The summed E-state index contributed by atoms with van der Waals surface area (Å²) in [5.74, 6) is 2.06. The van der Waals surface area contributed by atoms with Crippen molar-refractivity contribution in [2.75, 3.05) is 24.2 Å². The van der Waals surface area contributed by atoms with Crippen molar-refractivity contribution in [3.05, 3.63) is 17.2 Å². The fourth-order valence-electron chi connectivity index (χ4n) is 7.42. The normalized spacial score (nSPS) is 34.5. The summed E-state index contributed by atoms with van der Waals surface area (Å²) >= 11 is 0. The van der Waals surface area contributed by atoms with Crippen LogP contribution in [0.25, 0.3) is 0 Å². The maximum atomic E-state index is 12.7. The van der Waals surface area contributed by atoms with Gasteiger partial charge in [-0.2, -0.15) is 0 Å². The van der Waals surface area contributed by atoms with Crippen molar-refractivity contribution >= 4 is 22.1 Å². The Balaban J connectivity index is 1.46. The van der Waals surface area contributed by atoms with Crippen molar-refractivity contribution in [1.82, 2.24) is 9.62 Å². The number of likely N-dealkylation sites (tertiary alicyclic amines) is 1. The van der Waals surface area contributed by atoms with E-state index in [9.17, 15) is 18.3 Å². The molecule has 0 radical (unpaired) electrons. The van der Waals surface area contributed by atoms with Crippen molar-refractivity contribution in [1.29, 1.82) is 0 Å². The first-order chi connectivity index (χ1) is 15.9. The van der Waals surface area contributed by atoms with E-state index in [2.05, 4.69) is 14.9 Å². The van der Waals surface area contributed by atoms with Crippen LogP contribution in [-0.4, -0.2) is 61.9 Å².